The van der Waals surface area contributed by atoms with Crippen molar-refractivity contribution in [1.82, 2.24) is 0 Å². The fourth-order valence-corrected chi connectivity index (χ4v) is 2.08. The molecular weight excluding hydrogens is 304 g/mol. The van der Waals surface area contributed by atoms with Gasteiger partial charge in [-0.25, -0.2) is 8.78 Å². The lowest BCUT2D eigenvalue weighted by Gasteiger charge is -2.13. The Labute approximate surface area is 115 Å². The molecule has 0 saturated carbocycles. The summed E-state index contributed by atoms with van der Waals surface area (Å²) in [6.07, 6.45) is 1.68. The van der Waals surface area contributed by atoms with Gasteiger partial charge in [0, 0.05) is 24.8 Å². The molecule has 1 aromatic carbocycles. The minimum Gasteiger partial charge on any atom is -0.382 e. The van der Waals surface area contributed by atoms with Crippen LogP contribution in [0.1, 0.15) is 25.3 Å². The monoisotopic (exact) mass is 321 g/mol. The van der Waals surface area contributed by atoms with Crippen LogP contribution in [0.15, 0.2) is 16.6 Å². The summed E-state index contributed by atoms with van der Waals surface area (Å²) in [6.45, 7) is 3.23. The maximum Gasteiger partial charge on any atom is 0.143 e. The van der Waals surface area contributed by atoms with Crippen LogP contribution in [0, 0.1) is 11.6 Å². The Balaban J connectivity index is 2.54. The number of benzene rings is 1. The first-order chi connectivity index (χ1) is 8.56. The van der Waals surface area contributed by atoms with Crippen molar-refractivity contribution in [2.75, 3.05) is 13.2 Å². The van der Waals surface area contributed by atoms with Crippen molar-refractivity contribution in [3.05, 3.63) is 33.8 Å². The third-order valence-electron chi connectivity index (χ3n) is 2.67. The normalized spacial score (nSPS) is 12.7. The fraction of sp³-hybridized carbons (Fsp3) is 0.538. The maximum absolute atomic E-state index is 13.7. The van der Waals surface area contributed by atoms with E-state index in [0.717, 1.165) is 6.42 Å². The SMILES string of the molecule is CCOCCCC(N)Cc1c(F)ccc(Br)c1F. The highest BCUT2D eigenvalue weighted by molar-refractivity contribution is 9.10. The van der Waals surface area contributed by atoms with Gasteiger partial charge in [0.1, 0.15) is 11.6 Å². The van der Waals surface area contributed by atoms with Crippen LogP contribution in [0.3, 0.4) is 0 Å². The molecule has 0 bridgehead atoms. The Morgan fingerprint density at radius 1 is 1.39 bits per heavy atom. The van der Waals surface area contributed by atoms with Crippen molar-refractivity contribution in [2.24, 2.45) is 5.73 Å². The van der Waals surface area contributed by atoms with Gasteiger partial charge in [-0.3, -0.25) is 0 Å². The Bertz CT molecular complexity index is 387. The highest BCUT2D eigenvalue weighted by Crippen LogP contribution is 2.23. The van der Waals surface area contributed by atoms with Gasteiger partial charge in [0.15, 0.2) is 0 Å². The molecule has 0 aromatic heterocycles. The number of hydrogen-bond donors (Lipinski definition) is 1. The predicted octanol–water partition coefficient (Wildman–Crippen LogP) is 3.41. The molecule has 0 heterocycles. The molecule has 0 saturated heterocycles. The van der Waals surface area contributed by atoms with Crippen LogP contribution in [0.5, 0.6) is 0 Å². The van der Waals surface area contributed by atoms with Gasteiger partial charge in [-0.2, -0.15) is 0 Å². The Hall–Kier alpha value is -0.520. The van der Waals surface area contributed by atoms with Crippen LogP contribution in [0.4, 0.5) is 8.78 Å². The number of ether oxygens (including phenoxy) is 1. The highest BCUT2D eigenvalue weighted by Gasteiger charge is 2.15. The second-order valence-electron chi connectivity index (χ2n) is 4.13. The van der Waals surface area contributed by atoms with Gasteiger partial charge < -0.3 is 10.5 Å². The molecule has 1 rings (SSSR count). The molecular formula is C13H18BrF2NO. The predicted molar refractivity (Wildman–Crippen MR) is 71.5 cm³/mol. The van der Waals surface area contributed by atoms with Crippen molar-refractivity contribution in [3.8, 4) is 0 Å². The number of halogens is 3. The molecule has 0 fully saturated rings. The van der Waals surface area contributed by atoms with E-state index in [4.69, 9.17) is 10.5 Å². The Morgan fingerprint density at radius 3 is 2.78 bits per heavy atom. The van der Waals surface area contributed by atoms with E-state index in [9.17, 15) is 8.78 Å². The van der Waals surface area contributed by atoms with Crippen molar-refractivity contribution < 1.29 is 13.5 Å². The van der Waals surface area contributed by atoms with Crippen molar-refractivity contribution in [1.29, 1.82) is 0 Å². The average molecular weight is 322 g/mol. The molecule has 0 aliphatic rings. The summed E-state index contributed by atoms with van der Waals surface area (Å²) in [5.41, 5.74) is 5.92. The minimum atomic E-state index is -0.560. The van der Waals surface area contributed by atoms with Crippen LogP contribution in [-0.4, -0.2) is 19.3 Å². The molecule has 0 radical (unpaired) electrons. The van der Waals surface area contributed by atoms with E-state index >= 15 is 0 Å². The Kier molecular flexibility index (Phi) is 6.75. The number of nitrogens with two attached hydrogens (primary N) is 1. The topological polar surface area (TPSA) is 35.2 Å². The minimum absolute atomic E-state index is 0.0493. The van der Waals surface area contributed by atoms with E-state index in [-0.39, 0.29) is 22.5 Å². The second-order valence-corrected chi connectivity index (χ2v) is 4.98. The first-order valence-electron chi connectivity index (χ1n) is 6.02. The number of hydrogen-bond acceptors (Lipinski definition) is 2. The van der Waals surface area contributed by atoms with Gasteiger partial charge in [0.25, 0.3) is 0 Å². The van der Waals surface area contributed by atoms with E-state index in [0.29, 0.717) is 19.6 Å². The highest BCUT2D eigenvalue weighted by atomic mass is 79.9. The van der Waals surface area contributed by atoms with E-state index in [1.807, 2.05) is 6.92 Å². The van der Waals surface area contributed by atoms with Crippen molar-refractivity contribution in [2.45, 2.75) is 32.2 Å². The van der Waals surface area contributed by atoms with Crippen LogP contribution in [0.2, 0.25) is 0 Å². The standard InChI is InChI=1S/C13H18BrF2NO/c1-2-18-7-3-4-9(17)8-10-12(15)6-5-11(14)13(10)16/h5-6,9H,2-4,7-8,17H2,1H3. The summed E-state index contributed by atoms with van der Waals surface area (Å²) in [6, 6.07) is 2.34. The van der Waals surface area contributed by atoms with Gasteiger partial charge in [0.05, 0.1) is 4.47 Å². The molecule has 1 atom stereocenters. The molecule has 2 N–H and O–H groups in total. The smallest absolute Gasteiger partial charge is 0.143 e. The molecule has 0 spiro atoms. The lowest BCUT2D eigenvalue weighted by molar-refractivity contribution is 0.142. The summed E-state index contributed by atoms with van der Waals surface area (Å²) >= 11 is 3.04. The molecule has 0 aliphatic heterocycles. The molecule has 1 aromatic rings. The lowest BCUT2D eigenvalue weighted by atomic mass is 10.0. The third-order valence-corrected chi connectivity index (χ3v) is 3.29. The zero-order valence-electron chi connectivity index (χ0n) is 10.4. The van der Waals surface area contributed by atoms with Gasteiger partial charge in [0.2, 0.25) is 0 Å². The molecule has 102 valence electrons. The van der Waals surface area contributed by atoms with E-state index in [1.165, 1.54) is 12.1 Å². The average Bonchev–Trinajstić information content (AvgIpc) is 2.35. The van der Waals surface area contributed by atoms with Crippen LogP contribution in [0.25, 0.3) is 0 Å². The zero-order chi connectivity index (χ0) is 13.5. The lowest BCUT2D eigenvalue weighted by Crippen LogP contribution is -2.24. The molecule has 18 heavy (non-hydrogen) atoms. The first-order valence-corrected chi connectivity index (χ1v) is 6.81. The number of rotatable bonds is 7. The summed E-state index contributed by atoms with van der Waals surface area (Å²) < 4.78 is 32.6. The summed E-state index contributed by atoms with van der Waals surface area (Å²) in [5, 5.41) is 0. The molecule has 0 amide bonds. The zero-order valence-corrected chi connectivity index (χ0v) is 12.0. The fourth-order valence-electron chi connectivity index (χ4n) is 1.71. The molecule has 2 nitrogen and oxygen atoms in total. The van der Waals surface area contributed by atoms with Crippen LogP contribution in [-0.2, 0) is 11.2 Å². The molecule has 5 heteroatoms. The Morgan fingerprint density at radius 2 is 2.11 bits per heavy atom. The van der Waals surface area contributed by atoms with Crippen LogP contribution < -0.4 is 5.73 Å². The van der Waals surface area contributed by atoms with Crippen molar-refractivity contribution >= 4 is 15.9 Å². The third kappa shape index (κ3) is 4.63. The van der Waals surface area contributed by atoms with E-state index < -0.39 is 11.6 Å². The van der Waals surface area contributed by atoms with E-state index in [2.05, 4.69) is 15.9 Å². The summed E-state index contributed by atoms with van der Waals surface area (Å²) in [5.74, 6) is -1.11. The second kappa shape index (κ2) is 7.81. The van der Waals surface area contributed by atoms with Crippen LogP contribution >= 0.6 is 15.9 Å². The first kappa shape index (κ1) is 15.5. The van der Waals surface area contributed by atoms with E-state index in [1.54, 1.807) is 0 Å². The largest absolute Gasteiger partial charge is 0.382 e. The van der Waals surface area contributed by atoms with Gasteiger partial charge in [-0.1, -0.05) is 0 Å². The maximum atomic E-state index is 13.7. The van der Waals surface area contributed by atoms with Gasteiger partial charge >= 0.3 is 0 Å². The quantitative estimate of drug-likeness (QED) is 0.617. The molecule has 1 unspecified atom stereocenters. The molecule has 0 aliphatic carbocycles. The van der Waals surface area contributed by atoms with Crippen molar-refractivity contribution in [3.63, 3.8) is 0 Å². The van der Waals surface area contributed by atoms with Gasteiger partial charge in [-0.05, 0) is 54.2 Å². The summed E-state index contributed by atoms with van der Waals surface area (Å²) in [7, 11) is 0. The van der Waals surface area contributed by atoms with Gasteiger partial charge in [-0.15, -0.1) is 0 Å². The summed E-state index contributed by atoms with van der Waals surface area (Å²) in [4.78, 5) is 0.